The average Bonchev–Trinajstić information content (AvgIpc) is 3.11. The first kappa shape index (κ1) is 17.1. The molecule has 5 unspecified atom stereocenters. The zero-order valence-corrected chi connectivity index (χ0v) is 14.5. The molecular formula is C19H38. The lowest BCUT2D eigenvalue weighted by molar-refractivity contribution is 0.286. The normalized spacial score (nSPS) is 30.9. The lowest BCUT2D eigenvalue weighted by Crippen LogP contribution is -2.12. The Kier molecular flexibility index (Phi) is 6.91. The van der Waals surface area contributed by atoms with E-state index < -0.39 is 0 Å². The Hall–Kier alpha value is 0. The summed E-state index contributed by atoms with van der Waals surface area (Å²) in [6.07, 6.45) is 11.5. The van der Waals surface area contributed by atoms with Crippen LogP contribution in [0.15, 0.2) is 0 Å². The van der Waals surface area contributed by atoms with Crippen LogP contribution >= 0.6 is 0 Å². The Bertz CT molecular complexity index is 244. The van der Waals surface area contributed by atoms with E-state index in [2.05, 4.69) is 41.5 Å². The number of hydrogen-bond acceptors (Lipinski definition) is 0. The predicted octanol–water partition coefficient (Wildman–Crippen LogP) is 6.69. The molecule has 0 N–H and O–H groups in total. The van der Waals surface area contributed by atoms with Gasteiger partial charge in [0.05, 0.1) is 0 Å². The van der Waals surface area contributed by atoms with Gasteiger partial charge in [0, 0.05) is 0 Å². The van der Waals surface area contributed by atoms with Gasteiger partial charge in [-0.3, -0.25) is 0 Å². The van der Waals surface area contributed by atoms with Gasteiger partial charge >= 0.3 is 0 Å². The van der Waals surface area contributed by atoms with Gasteiger partial charge in [0.2, 0.25) is 0 Å². The highest BCUT2D eigenvalue weighted by atomic mass is 14.6. The van der Waals surface area contributed by atoms with Crippen molar-refractivity contribution in [3.63, 3.8) is 0 Å². The zero-order chi connectivity index (χ0) is 14.5. The van der Waals surface area contributed by atoms with Crippen LogP contribution in [0.25, 0.3) is 0 Å². The Labute approximate surface area is 122 Å². The molecule has 0 radical (unpaired) electrons. The summed E-state index contributed by atoms with van der Waals surface area (Å²) in [5.74, 6) is 3.86. The fraction of sp³-hybridized carbons (Fsp3) is 1.00. The molecule has 5 atom stereocenters. The van der Waals surface area contributed by atoms with E-state index in [0.29, 0.717) is 0 Å². The van der Waals surface area contributed by atoms with E-state index in [9.17, 15) is 0 Å². The molecule has 0 aromatic rings. The van der Waals surface area contributed by atoms with Gasteiger partial charge in [-0.1, -0.05) is 73.6 Å². The zero-order valence-electron chi connectivity index (χ0n) is 14.5. The minimum Gasteiger partial charge on any atom is -0.0654 e. The van der Waals surface area contributed by atoms with Gasteiger partial charge in [-0.05, 0) is 48.3 Å². The maximum atomic E-state index is 2.53. The molecule has 0 spiro atoms. The highest BCUT2D eigenvalue weighted by molar-refractivity contribution is 5.03. The summed E-state index contributed by atoms with van der Waals surface area (Å²) in [6, 6.07) is 0. The van der Waals surface area contributed by atoms with E-state index in [4.69, 9.17) is 0 Å². The molecular weight excluding hydrogens is 228 g/mol. The summed E-state index contributed by atoms with van der Waals surface area (Å²) in [4.78, 5) is 0. The molecule has 0 amide bonds. The molecule has 1 saturated carbocycles. The number of hydrogen-bond donors (Lipinski definition) is 0. The van der Waals surface area contributed by atoms with Crippen LogP contribution in [0.3, 0.4) is 0 Å². The molecule has 0 aliphatic heterocycles. The molecule has 1 aliphatic carbocycles. The Morgan fingerprint density at radius 1 is 1.00 bits per heavy atom. The minimum atomic E-state index is 0.755. The van der Waals surface area contributed by atoms with Crippen molar-refractivity contribution in [1.82, 2.24) is 0 Å². The fourth-order valence-corrected chi connectivity index (χ4v) is 4.24. The molecule has 0 aromatic carbocycles. The van der Waals surface area contributed by atoms with E-state index in [-0.39, 0.29) is 0 Å². The molecule has 0 nitrogen and oxygen atoms in total. The van der Waals surface area contributed by atoms with Crippen LogP contribution in [0, 0.1) is 29.1 Å². The third-order valence-corrected chi connectivity index (χ3v) is 6.02. The van der Waals surface area contributed by atoms with E-state index in [1.165, 1.54) is 51.4 Å². The monoisotopic (exact) mass is 266 g/mol. The Balaban J connectivity index is 2.29. The highest BCUT2D eigenvalue weighted by Crippen LogP contribution is 2.62. The Morgan fingerprint density at radius 3 is 2.16 bits per heavy atom. The van der Waals surface area contributed by atoms with Crippen LogP contribution in [0.4, 0.5) is 0 Å². The quantitative estimate of drug-likeness (QED) is 0.413. The fourth-order valence-electron chi connectivity index (χ4n) is 4.24. The van der Waals surface area contributed by atoms with Gasteiger partial charge < -0.3 is 0 Å². The predicted molar refractivity (Wildman–Crippen MR) is 87.4 cm³/mol. The summed E-state index contributed by atoms with van der Waals surface area (Å²) in [7, 11) is 0. The van der Waals surface area contributed by atoms with Crippen LogP contribution in [0.2, 0.25) is 0 Å². The molecule has 0 aromatic heterocycles. The third-order valence-electron chi connectivity index (χ3n) is 6.02. The maximum Gasteiger partial charge on any atom is -0.0266 e. The van der Waals surface area contributed by atoms with Crippen LogP contribution in [-0.4, -0.2) is 0 Å². The van der Waals surface area contributed by atoms with Crippen LogP contribution < -0.4 is 0 Å². The molecule has 1 fully saturated rings. The maximum absolute atomic E-state index is 2.53. The highest BCUT2D eigenvalue weighted by Gasteiger charge is 2.53. The first-order valence-corrected chi connectivity index (χ1v) is 8.99. The summed E-state index contributed by atoms with van der Waals surface area (Å²) < 4.78 is 0. The standard InChI is InChI=1S/C19H38/c1-7-12-19(9-3)14-18(19)17(6)13-16(5)11-10-15(4)8-2/h15-18H,7-14H2,1-6H3. The average molecular weight is 267 g/mol. The van der Waals surface area contributed by atoms with Crippen molar-refractivity contribution < 1.29 is 0 Å². The lowest BCUT2D eigenvalue weighted by Gasteiger charge is -2.22. The molecule has 114 valence electrons. The number of rotatable bonds is 10. The van der Waals surface area contributed by atoms with E-state index in [0.717, 1.165) is 29.1 Å². The van der Waals surface area contributed by atoms with E-state index >= 15 is 0 Å². The second kappa shape index (κ2) is 7.70. The van der Waals surface area contributed by atoms with E-state index in [1.54, 1.807) is 0 Å². The first-order valence-electron chi connectivity index (χ1n) is 8.99. The molecule has 1 rings (SSSR count). The van der Waals surface area contributed by atoms with Gasteiger partial charge in [0.15, 0.2) is 0 Å². The molecule has 1 aliphatic rings. The molecule has 0 saturated heterocycles. The first-order chi connectivity index (χ1) is 8.99. The summed E-state index contributed by atoms with van der Waals surface area (Å²) in [6.45, 7) is 14.5. The second-order valence-electron chi connectivity index (χ2n) is 7.69. The largest absolute Gasteiger partial charge is 0.0654 e. The minimum absolute atomic E-state index is 0.755. The van der Waals surface area contributed by atoms with Gasteiger partial charge in [0.25, 0.3) is 0 Å². The molecule has 0 heterocycles. The van der Waals surface area contributed by atoms with Crippen molar-refractivity contribution in [3.8, 4) is 0 Å². The van der Waals surface area contributed by atoms with Crippen molar-refractivity contribution in [2.45, 2.75) is 92.9 Å². The van der Waals surface area contributed by atoms with Crippen molar-refractivity contribution in [1.29, 1.82) is 0 Å². The van der Waals surface area contributed by atoms with Gasteiger partial charge in [-0.25, -0.2) is 0 Å². The summed E-state index contributed by atoms with van der Waals surface area (Å²) in [5.41, 5.74) is 0.755. The third kappa shape index (κ3) is 4.80. The van der Waals surface area contributed by atoms with Crippen molar-refractivity contribution in [3.05, 3.63) is 0 Å². The van der Waals surface area contributed by atoms with Crippen molar-refractivity contribution >= 4 is 0 Å². The Morgan fingerprint density at radius 2 is 1.63 bits per heavy atom. The smallest absolute Gasteiger partial charge is 0.0266 e. The molecule has 19 heavy (non-hydrogen) atoms. The second-order valence-corrected chi connectivity index (χ2v) is 7.69. The lowest BCUT2D eigenvalue weighted by atomic mass is 9.83. The SMILES string of the molecule is CCCC1(CC)CC1C(C)CC(C)CCC(C)CC. The van der Waals surface area contributed by atoms with Crippen LogP contribution in [-0.2, 0) is 0 Å². The summed E-state index contributed by atoms with van der Waals surface area (Å²) >= 11 is 0. The van der Waals surface area contributed by atoms with Gasteiger partial charge in [0.1, 0.15) is 0 Å². The summed E-state index contributed by atoms with van der Waals surface area (Å²) in [5, 5.41) is 0. The molecule has 0 bridgehead atoms. The molecule has 0 heteroatoms. The van der Waals surface area contributed by atoms with Gasteiger partial charge in [-0.15, -0.1) is 0 Å². The van der Waals surface area contributed by atoms with Crippen molar-refractivity contribution in [2.75, 3.05) is 0 Å². The van der Waals surface area contributed by atoms with Crippen molar-refractivity contribution in [2.24, 2.45) is 29.1 Å². The topological polar surface area (TPSA) is 0 Å². The van der Waals surface area contributed by atoms with Gasteiger partial charge in [-0.2, -0.15) is 0 Å². The van der Waals surface area contributed by atoms with Crippen LogP contribution in [0.5, 0.6) is 0 Å². The van der Waals surface area contributed by atoms with Crippen LogP contribution in [0.1, 0.15) is 92.9 Å². The van der Waals surface area contributed by atoms with E-state index in [1.807, 2.05) is 0 Å².